The average Bonchev–Trinajstić information content (AvgIpc) is 2.29. The lowest BCUT2D eigenvalue weighted by atomic mass is 10.2. The van der Waals surface area contributed by atoms with Crippen LogP contribution in [0, 0.1) is 11.3 Å². The minimum atomic E-state index is -0.416. The van der Waals surface area contributed by atoms with Crippen LogP contribution in [0.15, 0.2) is 24.3 Å². The van der Waals surface area contributed by atoms with Crippen molar-refractivity contribution < 1.29 is 4.79 Å². The number of carbonyl (C=O) groups is 1. The Morgan fingerprint density at radius 2 is 2.00 bits per heavy atom. The van der Waals surface area contributed by atoms with E-state index in [1.54, 1.807) is 12.1 Å². The molecular weight excluding hydrogens is 202 g/mol. The summed E-state index contributed by atoms with van der Waals surface area (Å²) in [5, 5.41) is 11.6. The summed E-state index contributed by atoms with van der Waals surface area (Å²) in [5.41, 5.74) is 6.60. The molecule has 4 nitrogen and oxygen atoms in total. The van der Waals surface area contributed by atoms with Gasteiger partial charge in [0, 0.05) is 24.2 Å². The summed E-state index contributed by atoms with van der Waals surface area (Å²) < 4.78 is 0. The lowest BCUT2D eigenvalue weighted by Crippen LogP contribution is -2.10. The van der Waals surface area contributed by atoms with Gasteiger partial charge in [-0.2, -0.15) is 5.26 Å². The average molecular weight is 217 g/mol. The molecule has 0 atom stereocenters. The molecule has 0 aliphatic heterocycles. The normalized spacial score (nSPS) is 9.44. The molecule has 1 aromatic rings. The van der Waals surface area contributed by atoms with Crippen LogP contribution in [0.25, 0.3) is 0 Å². The van der Waals surface area contributed by atoms with Gasteiger partial charge in [-0.05, 0) is 37.1 Å². The van der Waals surface area contributed by atoms with E-state index in [1.165, 1.54) is 0 Å². The Labute approximate surface area is 95.1 Å². The predicted octanol–water partition coefficient (Wildman–Crippen LogP) is 1.89. The van der Waals surface area contributed by atoms with Crippen LogP contribution < -0.4 is 11.1 Å². The molecule has 84 valence electrons. The van der Waals surface area contributed by atoms with Crippen molar-refractivity contribution in [1.29, 1.82) is 5.26 Å². The van der Waals surface area contributed by atoms with Crippen LogP contribution in [-0.4, -0.2) is 12.5 Å². The van der Waals surface area contributed by atoms with E-state index in [0.717, 1.165) is 25.1 Å². The number of nitriles is 1. The van der Waals surface area contributed by atoms with Crippen LogP contribution in [0.3, 0.4) is 0 Å². The molecule has 0 saturated heterocycles. The summed E-state index contributed by atoms with van der Waals surface area (Å²) in [6, 6.07) is 9.14. The Morgan fingerprint density at radius 1 is 1.31 bits per heavy atom. The second kappa shape index (κ2) is 6.46. The molecule has 4 heteroatoms. The first-order valence-electron chi connectivity index (χ1n) is 5.24. The molecule has 1 amide bonds. The maximum atomic E-state index is 10.8. The van der Waals surface area contributed by atoms with E-state index in [-0.39, 0.29) is 0 Å². The second-order valence-electron chi connectivity index (χ2n) is 3.48. The molecule has 1 aromatic carbocycles. The van der Waals surface area contributed by atoms with Crippen molar-refractivity contribution in [3.8, 4) is 6.07 Å². The van der Waals surface area contributed by atoms with Gasteiger partial charge in [-0.25, -0.2) is 0 Å². The summed E-state index contributed by atoms with van der Waals surface area (Å²) in [6.07, 6.45) is 2.47. The monoisotopic (exact) mass is 217 g/mol. The second-order valence-corrected chi connectivity index (χ2v) is 3.48. The number of unbranched alkanes of at least 4 members (excludes halogenated alkanes) is 2. The number of nitrogens with zero attached hydrogens (tertiary/aromatic N) is 1. The number of anilines is 1. The first-order valence-corrected chi connectivity index (χ1v) is 5.24. The molecule has 0 aliphatic carbocycles. The highest BCUT2D eigenvalue weighted by atomic mass is 16.1. The Kier molecular flexibility index (Phi) is 4.87. The number of rotatable bonds is 6. The molecule has 3 N–H and O–H groups in total. The number of primary amides is 1. The zero-order chi connectivity index (χ0) is 11.8. The van der Waals surface area contributed by atoms with Gasteiger partial charge in [-0.15, -0.1) is 0 Å². The maximum Gasteiger partial charge on any atom is 0.248 e. The van der Waals surface area contributed by atoms with Crippen molar-refractivity contribution >= 4 is 11.6 Å². The fourth-order valence-electron chi connectivity index (χ4n) is 1.31. The van der Waals surface area contributed by atoms with Crippen molar-refractivity contribution in [2.45, 2.75) is 19.3 Å². The summed E-state index contributed by atoms with van der Waals surface area (Å²) in [6.45, 7) is 0.831. The van der Waals surface area contributed by atoms with Gasteiger partial charge in [0.1, 0.15) is 0 Å². The lowest BCUT2D eigenvalue weighted by Gasteiger charge is -2.05. The van der Waals surface area contributed by atoms with E-state index in [1.807, 2.05) is 12.1 Å². The SMILES string of the molecule is N#CCCCCNc1ccc(C(N)=O)cc1. The van der Waals surface area contributed by atoms with Crippen molar-refractivity contribution in [1.82, 2.24) is 0 Å². The van der Waals surface area contributed by atoms with Gasteiger partial charge in [0.2, 0.25) is 5.91 Å². The predicted molar refractivity (Wildman–Crippen MR) is 62.9 cm³/mol. The molecule has 0 radical (unpaired) electrons. The first kappa shape index (κ1) is 12.1. The minimum Gasteiger partial charge on any atom is -0.385 e. The van der Waals surface area contributed by atoms with Gasteiger partial charge in [-0.1, -0.05) is 0 Å². The van der Waals surface area contributed by atoms with E-state index < -0.39 is 5.91 Å². The van der Waals surface area contributed by atoms with Crippen LogP contribution >= 0.6 is 0 Å². The summed E-state index contributed by atoms with van der Waals surface area (Å²) in [4.78, 5) is 10.8. The maximum absolute atomic E-state index is 10.8. The molecule has 0 bridgehead atoms. The Bertz CT molecular complexity index is 378. The molecular formula is C12H15N3O. The van der Waals surface area contributed by atoms with E-state index in [0.29, 0.717) is 12.0 Å². The fourth-order valence-corrected chi connectivity index (χ4v) is 1.31. The highest BCUT2D eigenvalue weighted by Crippen LogP contribution is 2.09. The Morgan fingerprint density at radius 3 is 2.56 bits per heavy atom. The number of amides is 1. The number of hydrogen-bond donors (Lipinski definition) is 2. The zero-order valence-corrected chi connectivity index (χ0v) is 9.07. The molecule has 0 heterocycles. The van der Waals surface area contributed by atoms with Crippen LogP contribution in [-0.2, 0) is 0 Å². The van der Waals surface area contributed by atoms with Gasteiger partial charge in [-0.3, -0.25) is 4.79 Å². The number of nitrogens with two attached hydrogens (primary N) is 1. The molecule has 0 spiro atoms. The number of carbonyl (C=O) groups excluding carboxylic acids is 1. The van der Waals surface area contributed by atoms with Gasteiger partial charge >= 0.3 is 0 Å². The molecule has 0 unspecified atom stereocenters. The Balaban J connectivity index is 2.33. The summed E-state index contributed by atoms with van der Waals surface area (Å²) in [5.74, 6) is -0.416. The van der Waals surface area contributed by atoms with Crippen molar-refractivity contribution in [3.05, 3.63) is 29.8 Å². The van der Waals surface area contributed by atoms with Crippen molar-refractivity contribution in [3.63, 3.8) is 0 Å². The summed E-state index contributed by atoms with van der Waals surface area (Å²) >= 11 is 0. The topological polar surface area (TPSA) is 78.9 Å². The fraction of sp³-hybridized carbons (Fsp3) is 0.333. The third-order valence-electron chi connectivity index (χ3n) is 2.21. The van der Waals surface area contributed by atoms with Gasteiger partial charge in [0.25, 0.3) is 0 Å². The molecule has 16 heavy (non-hydrogen) atoms. The largest absolute Gasteiger partial charge is 0.385 e. The van der Waals surface area contributed by atoms with Crippen LogP contribution in [0.5, 0.6) is 0 Å². The van der Waals surface area contributed by atoms with Gasteiger partial charge in [0.15, 0.2) is 0 Å². The van der Waals surface area contributed by atoms with Gasteiger partial charge < -0.3 is 11.1 Å². The summed E-state index contributed by atoms with van der Waals surface area (Å²) in [7, 11) is 0. The number of benzene rings is 1. The standard InChI is InChI=1S/C12H15N3O/c13-8-2-1-3-9-15-11-6-4-10(5-7-11)12(14)16/h4-7,15H,1-3,9H2,(H2,14,16). The van der Waals surface area contributed by atoms with E-state index in [4.69, 9.17) is 11.0 Å². The third kappa shape index (κ3) is 4.01. The minimum absolute atomic E-state index is 0.416. The van der Waals surface area contributed by atoms with Crippen LogP contribution in [0.4, 0.5) is 5.69 Å². The zero-order valence-electron chi connectivity index (χ0n) is 9.07. The third-order valence-corrected chi connectivity index (χ3v) is 2.21. The van der Waals surface area contributed by atoms with Crippen molar-refractivity contribution in [2.24, 2.45) is 5.73 Å². The highest BCUT2D eigenvalue weighted by Gasteiger charge is 1.98. The molecule has 0 saturated carbocycles. The highest BCUT2D eigenvalue weighted by molar-refractivity contribution is 5.93. The lowest BCUT2D eigenvalue weighted by molar-refractivity contribution is 0.100. The number of hydrogen-bond acceptors (Lipinski definition) is 3. The number of nitrogens with one attached hydrogen (secondary N) is 1. The quantitative estimate of drug-likeness (QED) is 0.714. The van der Waals surface area contributed by atoms with Crippen molar-refractivity contribution in [2.75, 3.05) is 11.9 Å². The molecule has 0 aliphatic rings. The van der Waals surface area contributed by atoms with E-state index in [2.05, 4.69) is 11.4 Å². The molecule has 0 fully saturated rings. The molecule has 1 rings (SSSR count). The van der Waals surface area contributed by atoms with Crippen LogP contribution in [0.1, 0.15) is 29.6 Å². The Hall–Kier alpha value is -2.02. The van der Waals surface area contributed by atoms with E-state index >= 15 is 0 Å². The smallest absolute Gasteiger partial charge is 0.248 e. The molecule has 0 aromatic heterocycles. The van der Waals surface area contributed by atoms with Crippen LogP contribution in [0.2, 0.25) is 0 Å². The first-order chi connectivity index (χ1) is 7.74. The van der Waals surface area contributed by atoms with E-state index in [9.17, 15) is 4.79 Å². The van der Waals surface area contributed by atoms with Gasteiger partial charge in [0.05, 0.1) is 6.07 Å².